The van der Waals surface area contributed by atoms with Gasteiger partial charge in [0.25, 0.3) is 0 Å². The van der Waals surface area contributed by atoms with E-state index in [-0.39, 0.29) is 12.5 Å². The predicted octanol–water partition coefficient (Wildman–Crippen LogP) is 12.1. The van der Waals surface area contributed by atoms with E-state index in [9.17, 15) is 30.3 Å². The molecule has 1 fully saturated rings. The Balaban J connectivity index is 2.04. The molecule has 0 bridgehead atoms. The molecule has 0 aromatic carbocycles. The first-order valence-corrected chi connectivity index (χ1v) is 26.4. The van der Waals surface area contributed by atoms with Crippen molar-refractivity contribution >= 4 is 5.91 Å². The van der Waals surface area contributed by atoms with Crippen molar-refractivity contribution in [1.29, 1.82) is 0 Å². The van der Waals surface area contributed by atoms with Crippen molar-refractivity contribution in [3.63, 3.8) is 0 Å². The van der Waals surface area contributed by atoms with E-state index in [0.29, 0.717) is 12.8 Å². The minimum absolute atomic E-state index is 0.135. The molecule has 1 amide bonds. The normalized spacial score (nSPS) is 20.4. The van der Waals surface area contributed by atoms with E-state index in [1.807, 2.05) is 0 Å². The van der Waals surface area contributed by atoms with Gasteiger partial charge >= 0.3 is 0 Å². The average Bonchev–Trinajstić information content (AvgIpc) is 3.26. The van der Waals surface area contributed by atoms with Gasteiger partial charge in [0, 0.05) is 6.42 Å². The van der Waals surface area contributed by atoms with Crippen LogP contribution in [-0.2, 0) is 14.3 Å². The molecule has 1 rings (SSSR count). The molecule has 1 aliphatic heterocycles. The van der Waals surface area contributed by atoms with Crippen LogP contribution in [0.25, 0.3) is 0 Å². The molecule has 61 heavy (non-hydrogen) atoms. The highest BCUT2D eigenvalue weighted by atomic mass is 16.7. The zero-order valence-electron chi connectivity index (χ0n) is 39.9. The number of hydrogen-bond donors (Lipinski definition) is 6. The van der Waals surface area contributed by atoms with E-state index >= 15 is 0 Å². The van der Waals surface area contributed by atoms with Gasteiger partial charge in [-0.05, 0) is 38.5 Å². The SMILES string of the molecule is CCCCCCCCCC/C=C\CCCCCCCCCCCCCCCCCCCCCC(=O)NC(COC1OC(CO)C(O)C(O)C1O)C(O)CCCCCCCCC. The number of unbranched alkanes of at least 4 members (excludes halogenated alkanes) is 33. The zero-order chi connectivity index (χ0) is 44.4. The summed E-state index contributed by atoms with van der Waals surface area (Å²) in [5.74, 6) is -0.144. The first-order chi connectivity index (χ1) is 29.8. The summed E-state index contributed by atoms with van der Waals surface area (Å²) in [4.78, 5) is 12.9. The van der Waals surface area contributed by atoms with Crippen LogP contribution < -0.4 is 5.32 Å². The van der Waals surface area contributed by atoms with Crippen LogP contribution in [0.1, 0.15) is 258 Å². The number of carbonyl (C=O) groups is 1. The summed E-state index contributed by atoms with van der Waals surface area (Å²) in [5.41, 5.74) is 0. The molecule has 9 heteroatoms. The number of allylic oxidation sites excluding steroid dienone is 2. The number of aliphatic hydroxyl groups is 5. The summed E-state index contributed by atoms with van der Waals surface area (Å²) < 4.78 is 11.2. The fraction of sp³-hybridized carbons (Fsp3) is 0.942. The maximum atomic E-state index is 12.9. The molecule has 0 spiro atoms. The highest BCUT2D eigenvalue weighted by Crippen LogP contribution is 2.23. The summed E-state index contributed by atoms with van der Waals surface area (Å²) in [6.07, 6.45) is 44.3. The van der Waals surface area contributed by atoms with E-state index in [0.717, 1.165) is 38.5 Å². The van der Waals surface area contributed by atoms with Crippen molar-refractivity contribution in [3.8, 4) is 0 Å². The lowest BCUT2D eigenvalue weighted by atomic mass is 9.99. The summed E-state index contributed by atoms with van der Waals surface area (Å²) in [5, 5.41) is 54.1. The Morgan fingerprint density at radius 2 is 0.918 bits per heavy atom. The van der Waals surface area contributed by atoms with Crippen molar-refractivity contribution < 1.29 is 39.8 Å². The van der Waals surface area contributed by atoms with Crippen molar-refractivity contribution in [3.05, 3.63) is 12.2 Å². The van der Waals surface area contributed by atoms with E-state index in [1.165, 1.54) is 193 Å². The van der Waals surface area contributed by atoms with Gasteiger partial charge < -0.3 is 40.3 Å². The quantitative estimate of drug-likeness (QED) is 0.0262. The first-order valence-electron chi connectivity index (χ1n) is 26.4. The second-order valence-corrected chi connectivity index (χ2v) is 18.7. The van der Waals surface area contributed by atoms with Crippen LogP contribution in [0.5, 0.6) is 0 Å². The van der Waals surface area contributed by atoms with Gasteiger partial charge in [-0.2, -0.15) is 0 Å². The Bertz CT molecular complexity index is 966. The molecule has 9 nitrogen and oxygen atoms in total. The van der Waals surface area contributed by atoms with Crippen molar-refractivity contribution in [2.24, 2.45) is 0 Å². The lowest BCUT2D eigenvalue weighted by molar-refractivity contribution is -0.302. The Kier molecular flexibility index (Phi) is 40.7. The maximum absolute atomic E-state index is 12.9. The molecule has 7 unspecified atom stereocenters. The second-order valence-electron chi connectivity index (χ2n) is 18.7. The number of rotatable bonds is 45. The Hall–Kier alpha value is -1.07. The lowest BCUT2D eigenvalue weighted by Crippen LogP contribution is -2.60. The smallest absolute Gasteiger partial charge is 0.220 e. The standard InChI is InChI=1S/C52H101NO8/c1-3-5-7-9-11-12-13-14-15-16-17-18-19-20-21-22-23-24-25-26-27-28-29-30-31-32-33-34-36-38-40-42-48(56)53-45(46(55)41-39-37-35-10-8-6-4-2)44-60-52-51(59)50(58)49(57)47(43-54)61-52/h16-17,45-47,49-52,54-55,57-59H,3-15,18-44H2,1-2H3,(H,53,56)/b17-16-. The molecule has 0 aliphatic carbocycles. The number of hydrogen-bond acceptors (Lipinski definition) is 8. The van der Waals surface area contributed by atoms with Crippen LogP contribution in [0.15, 0.2) is 12.2 Å². The molecule has 6 N–H and O–H groups in total. The van der Waals surface area contributed by atoms with Gasteiger partial charge in [-0.1, -0.05) is 225 Å². The number of nitrogens with one attached hydrogen (secondary N) is 1. The van der Waals surface area contributed by atoms with Crippen LogP contribution in [0.3, 0.4) is 0 Å². The summed E-state index contributed by atoms with van der Waals surface area (Å²) >= 11 is 0. The number of amides is 1. The average molecular weight is 868 g/mol. The number of aliphatic hydroxyl groups excluding tert-OH is 5. The second kappa shape index (κ2) is 42.9. The molecule has 0 radical (unpaired) electrons. The van der Waals surface area contributed by atoms with E-state index < -0.39 is 49.5 Å². The van der Waals surface area contributed by atoms with Crippen LogP contribution in [0.4, 0.5) is 0 Å². The highest BCUT2D eigenvalue weighted by Gasteiger charge is 2.44. The number of ether oxygens (including phenoxy) is 2. The van der Waals surface area contributed by atoms with Gasteiger partial charge in [0.15, 0.2) is 6.29 Å². The third-order valence-electron chi connectivity index (χ3n) is 12.9. The van der Waals surface area contributed by atoms with Gasteiger partial charge in [0.05, 0.1) is 25.4 Å². The van der Waals surface area contributed by atoms with E-state index in [1.54, 1.807) is 0 Å². The maximum Gasteiger partial charge on any atom is 0.220 e. The Morgan fingerprint density at radius 1 is 0.541 bits per heavy atom. The molecule has 1 aliphatic rings. The van der Waals surface area contributed by atoms with Gasteiger partial charge in [-0.25, -0.2) is 0 Å². The highest BCUT2D eigenvalue weighted by molar-refractivity contribution is 5.76. The molecular formula is C52H101NO8. The summed E-state index contributed by atoms with van der Waals surface area (Å²) in [6.45, 7) is 3.80. The minimum atomic E-state index is -1.55. The fourth-order valence-corrected chi connectivity index (χ4v) is 8.63. The number of carbonyl (C=O) groups excluding carboxylic acids is 1. The van der Waals surface area contributed by atoms with Crippen molar-refractivity contribution in [2.75, 3.05) is 13.2 Å². The zero-order valence-corrected chi connectivity index (χ0v) is 39.9. The van der Waals surface area contributed by atoms with E-state index in [2.05, 4.69) is 31.3 Å². The monoisotopic (exact) mass is 868 g/mol. The van der Waals surface area contributed by atoms with Gasteiger partial charge in [-0.15, -0.1) is 0 Å². The molecule has 7 atom stereocenters. The van der Waals surface area contributed by atoms with Crippen molar-refractivity contribution in [2.45, 2.75) is 301 Å². The molecular weight excluding hydrogens is 767 g/mol. The van der Waals surface area contributed by atoms with Crippen LogP contribution in [0.2, 0.25) is 0 Å². The molecule has 1 heterocycles. The lowest BCUT2D eigenvalue weighted by Gasteiger charge is -2.40. The molecule has 1 saturated heterocycles. The van der Waals surface area contributed by atoms with Gasteiger partial charge in [0.1, 0.15) is 24.4 Å². The van der Waals surface area contributed by atoms with Crippen molar-refractivity contribution in [1.82, 2.24) is 5.32 Å². The largest absolute Gasteiger partial charge is 0.394 e. The molecule has 0 aromatic rings. The van der Waals surface area contributed by atoms with Gasteiger partial charge in [-0.3, -0.25) is 4.79 Å². The Labute approximate surface area is 376 Å². The first kappa shape index (κ1) is 57.9. The molecule has 0 saturated carbocycles. The minimum Gasteiger partial charge on any atom is -0.394 e. The molecule has 0 aromatic heterocycles. The van der Waals surface area contributed by atoms with Gasteiger partial charge in [0.2, 0.25) is 5.91 Å². The third kappa shape index (κ3) is 33.1. The summed E-state index contributed by atoms with van der Waals surface area (Å²) in [7, 11) is 0. The Morgan fingerprint density at radius 3 is 1.33 bits per heavy atom. The van der Waals surface area contributed by atoms with Crippen LogP contribution >= 0.6 is 0 Å². The summed E-state index contributed by atoms with van der Waals surface area (Å²) in [6, 6.07) is -0.711. The van der Waals surface area contributed by atoms with E-state index in [4.69, 9.17) is 9.47 Å². The third-order valence-corrected chi connectivity index (χ3v) is 12.9. The fourth-order valence-electron chi connectivity index (χ4n) is 8.63. The van der Waals surface area contributed by atoms with Crippen LogP contribution in [-0.4, -0.2) is 87.5 Å². The van der Waals surface area contributed by atoms with Crippen LogP contribution in [0, 0.1) is 0 Å². The topological polar surface area (TPSA) is 149 Å². The molecule has 362 valence electrons. The predicted molar refractivity (Wildman–Crippen MR) is 254 cm³/mol.